The molecule has 4 rings (SSSR count). The normalized spacial score (nSPS) is 16.3. The quantitative estimate of drug-likeness (QED) is 0.499. The lowest BCUT2D eigenvalue weighted by Gasteiger charge is -2.47. The Labute approximate surface area is 205 Å². The van der Waals surface area contributed by atoms with Gasteiger partial charge in [-0.3, -0.25) is 9.59 Å². The second kappa shape index (κ2) is 10.2. The number of hydrogen-bond donors (Lipinski definition) is 2. The highest BCUT2D eigenvalue weighted by Crippen LogP contribution is 2.44. The van der Waals surface area contributed by atoms with Crippen LogP contribution in [0.3, 0.4) is 0 Å². The van der Waals surface area contributed by atoms with Crippen LogP contribution >= 0.6 is 0 Å². The predicted molar refractivity (Wildman–Crippen MR) is 133 cm³/mol. The predicted octanol–water partition coefficient (Wildman–Crippen LogP) is 4.35. The number of benzene rings is 2. The molecule has 1 fully saturated rings. The second-order valence-corrected chi connectivity index (χ2v) is 9.16. The van der Waals surface area contributed by atoms with Gasteiger partial charge in [-0.05, 0) is 41.5 Å². The van der Waals surface area contributed by atoms with Crippen molar-refractivity contribution in [2.75, 3.05) is 19.7 Å². The number of alkyl carbamates (subject to hydrolysis) is 1. The number of carboxylic acid groups (broad SMARTS) is 1. The van der Waals surface area contributed by atoms with E-state index in [1.165, 1.54) is 4.90 Å². The first-order valence-corrected chi connectivity index (χ1v) is 11.8. The molecule has 2 amide bonds. The standard InChI is InChI=1S/C28H30N2O5/c1-3-5-14-24(25(31)30-17-28(18-30,15-4-2)26(32)33)29-27(34)35-16-23-21-12-8-6-10-19(21)20-11-7-9-13-22(20)23/h3-4,6-13,23-24H,1-2,5,14-18H2,(H,29,34)(H,32,33). The largest absolute Gasteiger partial charge is 0.481 e. The lowest BCUT2D eigenvalue weighted by Crippen LogP contribution is -2.65. The highest BCUT2D eigenvalue weighted by atomic mass is 16.5. The number of rotatable bonds is 10. The molecule has 1 saturated heterocycles. The van der Waals surface area contributed by atoms with Gasteiger partial charge in [0.1, 0.15) is 18.1 Å². The zero-order chi connectivity index (χ0) is 25.0. The van der Waals surface area contributed by atoms with Gasteiger partial charge < -0.3 is 20.1 Å². The van der Waals surface area contributed by atoms with Gasteiger partial charge in [0.05, 0.1) is 0 Å². The first kappa shape index (κ1) is 24.3. The molecule has 0 saturated carbocycles. The maximum absolute atomic E-state index is 13.1. The smallest absolute Gasteiger partial charge is 0.407 e. The number of likely N-dealkylation sites (tertiary alicyclic amines) is 1. The van der Waals surface area contributed by atoms with E-state index < -0.39 is 23.5 Å². The van der Waals surface area contributed by atoms with E-state index in [4.69, 9.17) is 4.74 Å². The number of nitrogens with one attached hydrogen (secondary N) is 1. The van der Waals surface area contributed by atoms with Gasteiger partial charge in [0.15, 0.2) is 0 Å². The highest BCUT2D eigenvalue weighted by molar-refractivity contribution is 5.89. The van der Waals surface area contributed by atoms with Crippen molar-refractivity contribution in [2.24, 2.45) is 5.41 Å². The molecule has 1 aliphatic heterocycles. The number of carboxylic acids is 1. The molecule has 2 N–H and O–H groups in total. The molecule has 7 nitrogen and oxygen atoms in total. The van der Waals surface area contributed by atoms with Crippen molar-refractivity contribution in [3.63, 3.8) is 0 Å². The van der Waals surface area contributed by atoms with Crippen molar-refractivity contribution in [1.82, 2.24) is 10.2 Å². The summed E-state index contributed by atoms with van der Waals surface area (Å²) in [5.41, 5.74) is 3.47. The Kier molecular flexibility index (Phi) is 7.05. The Hall–Kier alpha value is -3.87. The molecule has 1 unspecified atom stereocenters. The monoisotopic (exact) mass is 474 g/mol. The second-order valence-electron chi connectivity index (χ2n) is 9.16. The van der Waals surface area contributed by atoms with Crippen molar-refractivity contribution in [3.05, 3.63) is 85.0 Å². The van der Waals surface area contributed by atoms with E-state index in [0.717, 1.165) is 22.3 Å². The molecule has 1 aliphatic carbocycles. The molecule has 0 spiro atoms. The minimum absolute atomic E-state index is 0.0825. The van der Waals surface area contributed by atoms with Crippen molar-refractivity contribution in [1.29, 1.82) is 0 Å². The van der Waals surface area contributed by atoms with E-state index in [9.17, 15) is 19.5 Å². The van der Waals surface area contributed by atoms with Gasteiger partial charge in [0.25, 0.3) is 0 Å². The molecule has 2 aromatic rings. The number of aliphatic carboxylic acids is 1. The fraction of sp³-hybridized carbons (Fsp3) is 0.321. The van der Waals surface area contributed by atoms with Gasteiger partial charge in [0.2, 0.25) is 5.91 Å². The van der Waals surface area contributed by atoms with E-state index >= 15 is 0 Å². The summed E-state index contributed by atoms with van der Waals surface area (Å²) in [6, 6.07) is 15.3. The number of nitrogens with zero attached hydrogens (tertiary/aromatic N) is 1. The molecule has 1 atom stereocenters. The van der Waals surface area contributed by atoms with Crippen molar-refractivity contribution < 1.29 is 24.2 Å². The number of hydrogen-bond acceptors (Lipinski definition) is 4. The van der Waals surface area contributed by atoms with Crippen LogP contribution in [0.5, 0.6) is 0 Å². The highest BCUT2D eigenvalue weighted by Gasteiger charge is 2.51. The van der Waals surface area contributed by atoms with E-state index in [1.54, 1.807) is 12.2 Å². The Morgan fingerprint density at radius 3 is 2.20 bits per heavy atom. The molecule has 7 heteroatoms. The third-order valence-corrected chi connectivity index (χ3v) is 6.88. The van der Waals surface area contributed by atoms with Crippen LogP contribution in [0, 0.1) is 5.41 Å². The lowest BCUT2D eigenvalue weighted by atomic mass is 9.76. The van der Waals surface area contributed by atoms with Crippen molar-refractivity contribution >= 4 is 18.0 Å². The first-order chi connectivity index (χ1) is 16.9. The molecule has 0 aromatic heterocycles. The van der Waals surface area contributed by atoms with E-state index in [2.05, 4.69) is 30.6 Å². The summed E-state index contributed by atoms with van der Waals surface area (Å²) < 4.78 is 5.60. The minimum atomic E-state index is -1.01. The summed E-state index contributed by atoms with van der Waals surface area (Å²) in [6.45, 7) is 7.64. The molecule has 2 aromatic carbocycles. The summed E-state index contributed by atoms with van der Waals surface area (Å²) in [5.74, 6) is -1.35. The molecule has 2 aliphatic rings. The lowest BCUT2D eigenvalue weighted by molar-refractivity contribution is -0.166. The third kappa shape index (κ3) is 4.71. The van der Waals surface area contributed by atoms with Gasteiger partial charge in [-0.1, -0.05) is 60.7 Å². The number of amides is 2. The van der Waals surface area contributed by atoms with Gasteiger partial charge in [-0.2, -0.15) is 0 Å². The zero-order valence-corrected chi connectivity index (χ0v) is 19.6. The van der Waals surface area contributed by atoms with Gasteiger partial charge >= 0.3 is 12.1 Å². The number of carbonyl (C=O) groups is 3. The third-order valence-electron chi connectivity index (χ3n) is 6.88. The van der Waals surface area contributed by atoms with Gasteiger partial charge in [0, 0.05) is 19.0 Å². The molecule has 182 valence electrons. The molecular weight excluding hydrogens is 444 g/mol. The molecule has 1 heterocycles. The average Bonchev–Trinajstić information content (AvgIpc) is 3.15. The fourth-order valence-electron chi connectivity index (χ4n) is 5.01. The van der Waals surface area contributed by atoms with Crippen LogP contribution < -0.4 is 5.32 Å². The summed E-state index contributed by atoms with van der Waals surface area (Å²) in [6.07, 6.45) is 3.71. The van der Waals surface area contributed by atoms with Crippen LogP contribution in [0.2, 0.25) is 0 Å². The molecule has 0 radical (unpaired) electrons. The fourth-order valence-corrected chi connectivity index (χ4v) is 5.01. The molecule has 35 heavy (non-hydrogen) atoms. The average molecular weight is 475 g/mol. The topological polar surface area (TPSA) is 95.9 Å². The van der Waals surface area contributed by atoms with Crippen molar-refractivity contribution in [3.8, 4) is 11.1 Å². The van der Waals surface area contributed by atoms with E-state index in [-0.39, 0.29) is 37.9 Å². The Balaban J connectivity index is 1.40. The first-order valence-electron chi connectivity index (χ1n) is 11.8. The maximum Gasteiger partial charge on any atom is 0.407 e. The van der Waals surface area contributed by atoms with Crippen LogP contribution in [0.15, 0.2) is 73.8 Å². The number of allylic oxidation sites excluding steroid dienone is 2. The minimum Gasteiger partial charge on any atom is -0.481 e. The Morgan fingerprint density at radius 1 is 1.06 bits per heavy atom. The Bertz CT molecular complexity index is 1110. The van der Waals surface area contributed by atoms with Crippen LogP contribution in [0.1, 0.15) is 36.3 Å². The van der Waals surface area contributed by atoms with E-state index in [0.29, 0.717) is 12.8 Å². The van der Waals surface area contributed by atoms with Gasteiger partial charge in [-0.15, -0.1) is 13.2 Å². The summed E-state index contributed by atoms with van der Waals surface area (Å²) in [4.78, 5) is 38.9. The SMILES string of the molecule is C=CCCC(NC(=O)OCC1c2ccccc2-c2ccccc21)C(=O)N1CC(CC=C)(C(=O)O)C1. The van der Waals surface area contributed by atoms with Crippen LogP contribution in [0.25, 0.3) is 11.1 Å². The van der Waals surface area contributed by atoms with Crippen LogP contribution in [0.4, 0.5) is 4.79 Å². The van der Waals surface area contributed by atoms with Crippen molar-refractivity contribution in [2.45, 2.75) is 31.2 Å². The number of fused-ring (bicyclic) bond motifs is 3. The number of carbonyl (C=O) groups excluding carboxylic acids is 2. The van der Waals surface area contributed by atoms with Gasteiger partial charge in [-0.25, -0.2) is 4.79 Å². The zero-order valence-electron chi connectivity index (χ0n) is 19.6. The van der Waals surface area contributed by atoms with Crippen LogP contribution in [-0.2, 0) is 14.3 Å². The summed E-state index contributed by atoms with van der Waals surface area (Å²) >= 11 is 0. The van der Waals surface area contributed by atoms with Crippen LogP contribution in [-0.4, -0.2) is 53.7 Å². The Morgan fingerprint density at radius 2 is 1.66 bits per heavy atom. The summed E-state index contributed by atoms with van der Waals surface area (Å²) in [5, 5.41) is 12.3. The van der Waals surface area contributed by atoms with E-state index in [1.807, 2.05) is 36.4 Å². The molecule has 0 bridgehead atoms. The summed E-state index contributed by atoms with van der Waals surface area (Å²) in [7, 11) is 0. The number of ether oxygens (including phenoxy) is 1. The maximum atomic E-state index is 13.1. The molecular formula is C28H30N2O5.